The van der Waals surface area contributed by atoms with Crippen LogP contribution in [0.3, 0.4) is 0 Å². The van der Waals surface area contributed by atoms with Crippen LogP contribution in [0.25, 0.3) is 10.9 Å². The van der Waals surface area contributed by atoms with E-state index in [0.29, 0.717) is 17.7 Å². The van der Waals surface area contributed by atoms with Gasteiger partial charge in [0.2, 0.25) is 10.0 Å². The van der Waals surface area contributed by atoms with Crippen molar-refractivity contribution in [3.63, 3.8) is 0 Å². The number of primary sulfonamides is 1. The molecule has 3 atom stereocenters. The van der Waals surface area contributed by atoms with E-state index in [-0.39, 0.29) is 59.1 Å². The number of sulfonamides is 1. The lowest BCUT2D eigenvalue weighted by Crippen LogP contribution is -2.41. The third-order valence-electron chi connectivity index (χ3n) is 8.37. The topological polar surface area (TPSA) is 159 Å². The molecule has 1 aromatic heterocycles. The molecule has 0 aliphatic carbocycles. The molecule has 4 heterocycles. The molecule has 41 heavy (non-hydrogen) atoms. The van der Waals surface area contributed by atoms with E-state index >= 15 is 4.39 Å². The summed E-state index contributed by atoms with van der Waals surface area (Å²) in [7, 11) is -3.81. The smallest absolute Gasteiger partial charge is 0.261 e. The van der Waals surface area contributed by atoms with Crippen LogP contribution in [0.5, 0.6) is 11.5 Å². The Morgan fingerprint density at radius 3 is 2.80 bits per heavy atom. The average molecular weight is 584 g/mol. The van der Waals surface area contributed by atoms with Gasteiger partial charge in [-0.15, -0.1) is 0 Å². The van der Waals surface area contributed by atoms with Crippen LogP contribution in [0, 0.1) is 17.1 Å². The fraction of sp³-hybridized carbons (Fsp3) is 0.464. The molecular weight excluding hydrogens is 553 g/mol. The molecule has 2 unspecified atom stereocenters. The number of hydrogen-bond donors (Lipinski definition) is 2. The number of halogens is 1. The lowest BCUT2D eigenvalue weighted by molar-refractivity contribution is -0.0196. The Balaban J connectivity index is 1.31. The zero-order valence-electron chi connectivity index (χ0n) is 22.2. The summed E-state index contributed by atoms with van der Waals surface area (Å²) >= 11 is 0. The predicted molar refractivity (Wildman–Crippen MR) is 146 cm³/mol. The van der Waals surface area contributed by atoms with Crippen LogP contribution in [0.15, 0.2) is 41.5 Å². The molecule has 3 fully saturated rings. The molecule has 0 amide bonds. The SMILES string of the molecule is N#Cc1c(C2CC(S(N)(=O)=O)CCO2)ccc(F)c1Oc1ccc2ncn([C@H]3COC4(CCNCC4)C3)c(=O)c2c1. The van der Waals surface area contributed by atoms with E-state index in [2.05, 4.69) is 10.3 Å². The molecular formula is C28H30FN5O6S. The van der Waals surface area contributed by atoms with E-state index in [1.165, 1.54) is 18.5 Å². The maximum Gasteiger partial charge on any atom is 0.261 e. The van der Waals surface area contributed by atoms with Gasteiger partial charge in [0, 0.05) is 12.2 Å². The van der Waals surface area contributed by atoms with Crippen LogP contribution in [-0.4, -0.2) is 55.1 Å². The fourth-order valence-corrected chi connectivity index (χ4v) is 6.99. The first-order chi connectivity index (χ1) is 19.7. The third-order valence-corrected chi connectivity index (χ3v) is 9.73. The molecule has 0 radical (unpaired) electrons. The summed E-state index contributed by atoms with van der Waals surface area (Å²) in [6.07, 6.45) is 3.51. The number of ether oxygens (including phenoxy) is 3. The van der Waals surface area contributed by atoms with Crippen LogP contribution >= 0.6 is 0 Å². The molecule has 3 saturated heterocycles. The minimum atomic E-state index is -3.81. The summed E-state index contributed by atoms with van der Waals surface area (Å²) in [6.45, 7) is 2.29. The van der Waals surface area contributed by atoms with Gasteiger partial charge in [-0.2, -0.15) is 5.26 Å². The Morgan fingerprint density at radius 2 is 2.05 bits per heavy atom. The molecule has 6 rings (SSSR count). The van der Waals surface area contributed by atoms with Crippen LogP contribution in [-0.2, 0) is 19.5 Å². The standard InChI is InChI=1S/C28H30FN5O6S/c29-23-3-2-20(25-12-19(5-10-38-25)41(31,36)37)22(14-30)26(23)40-18-1-4-24-21(11-18)27(35)34(16-33-24)17-13-28(39-15-17)6-8-32-9-7-28/h1-4,11,16-17,19,25,32H,5-10,12-13,15H2,(H2,31,36,37)/t17-,19?,25?/m1/s1. The van der Waals surface area contributed by atoms with Crippen LogP contribution in [0.4, 0.5) is 4.39 Å². The molecule has 3 aromatic rings. The number of nitriles is 1. The van der Waals surface area contributed by atoms with Gasteiger partial charge in [0.1, 0.15) is 17.4 Å². The largest absolute Gasteiger partial charge is 0.453 e. The summed E-state index contributed by atoms with van der Waals surface area (Å²) in [4.78, 5) is 18.0. The first-order valence-electron chi connectivity index (χ1n) is 13.6. The maximum absolute atomic E-state index is 15.0. The highest BCUT2D eigenvalue weighted by atomic mass is 32.2. The normalized spacial score (nSPS) is 24.4. The fourth-order valence-electron chi connectivity index (χ4n) is 6.12. The van der Waals surface area contributed by atoms with E-state index < -0.39 is 27.2 Å². The van der Waals surface area contributed by atoms with Crippen molar-refractivity contribution in [2.45, 2.75) is 55.1 Å². The van der Waals surface area contributed by atoms with Gasteiger partial charge in [-0.3, -0.25) is 9.36 Å². The molecule has 11 nitrogen and oxygen atoms in total. The van der Waals surface area contributed by atoms with Gasteiger partial charge >= 0.3 is 0 Å². The van der Waals surface area contributed by atoms with Gasteiger partial charge < -0.3 is 19.5 Å². The number of aromatic nitrogens is 2. The van der Waals surface area contributed by atoms with Crippen molar-refractivity contribution < 1.29 is 27.0 Å². The highest BCUT2D eigenvalue weighted by Gasteiger charge is 2.42. The van der Waals surface area contributed by atoms with Gasteiger partial charge in [-0.05, 0) is 69.5 Å². The molecule has 2 aromatic carbocycles. The Kier molecular flexibility index (Phi) is 7.29. The molecule has 0 bridgehead atoms. The first kappa shape index (κ1) is 27.7. The minimum Gasteiger partial charge on any atom is -0.453 e. The second-order valence-corrected chi connectivity index (χ2v) is 12.7. The second kappa shape index (κ2) is 10.8. The maximum atomic E-state index is 15.0. The number of nitrogens with one attached hydrogen (secondary N) is 1. The predicted octanol–water partition coefficient (Wildman–Crippen LogP) is 2.79. The zero-order chi connectivity index (χ0) is 28.8. The number of benzene rings is 2. The van der Waals surface area contributed by atoms with Crippen molar-refractivity contribution in [3.8, 4) is 17.6 Å². The molecule has 3 N–H and O–H groups in total. The van der Waals surface area contributed by atoms with E-state index in [9.17, 15) is 18.5 Å². The van der Waals surface area contributed by atoms with E-state index in [1.807, 2.05) is 6.07 Å². The summed E-state index contributed by atoms with van der Waals surface area (Å²) < 4.78 is 58.3. The lowest BCUT2D eigenvalue weighted by atomic mass is 9.88. The quantitative estimate of drug-likeness (QED) is 0.461. The van der Waals surface area contributed by atoms with Gasteiger partial charge in [0.25, 0.3) is 5.56 Å². The third kappa shape index (κ3) is 5.33. The van der Waals surface area contributed by atoms with E-state index in [0.717, 1.165) is 38.4 Å². The molecule has 3 aliphatic rings. The summed E-state index contributed by atoms with van der Waals surface area (Å²) in [5, 5.41) is 18.1. The number of rotatable bonds is 5. The van der Waals surface area contributed by atoms with E-state index in [1.54, 1.807) is 16.7 Å². The molecule has 1 spiro atoms. The summed E-state index contributed by atoms with van der Waals surface area (Å²) in [5.41, 5.74) is 0.134. The monoisotopic (exact) mass is 583 g/mol. The van der Waals surface area contributed by atoms with E-state index in [4.69, 9.17) is 19.3 Å². The van der Waals surface area contributed by atoms with Crippen LogP contribution < -0.4 is 20.8 Å². The number of nitrogens with zero attached hydrogens (tertiary/aromatic N) is 3. The van der Waals surface area contributed by atoms with Crippen molar-refractivity contribution in [1.29, 1.82) is 5.26 Å². The lowest BCUT2D eigenvalue weighted by Gasteiger charge is -2.32. The number of nitrogens with two attached hydrogens (primary N) is 1. The van der Waals surface area contributed by atoms with Gasteiger partial charge in [-0.1, -0.05) is 6.07 Å². The van der Waals surface area contributed by atoms with Crippen molar-refractivity contribution in [2.75, 3.05) is 26.3 Å². The van der Waals surface area contributed by atoms with Crippen molar-refractivity contribution in [1.82, 2.24) is 14.9 Å². The second-order valence-electron chi connectivity index (χ2n) is 10.9. The van der Waals surface area contributed by atoms with Crippen LogP contribution in [0.1, 0.15) is 55.4 Å². The van der Waals surface area contributed by atoms with Crippen molar-refractivity contribution >= 4 is 20.9 Å². The minimum absolute atomic E-state index is 0.0302. The summed E-state index contributed by atoms with van der Waals surface area (Å²) in [6, 6.07) is 8.98. The van der Waals surface area contributed by atoms with Crippen molar-refractivity contribution in [2.24, 2.45) is 5.14 Å². The number of fused-ring (bicyclic) bond motifs is 1. The van der Waals surface area contributed by atoms with Gasteiger partial charge in [0.15, 0.2) is 11.6 Å². The Hall–Kier alpha value is -3.41. The summed E-state index contributed by atoms with van der Waals surface area (Å²) in [5.74, 6) is -0.985. The molecule has 216 valence electrons. The van der Waals surface area contributed by atoms with Crippen LogP contribution in [0.2, 0.25) is 0 Å². The zero-order valence-corrected chi connectivity index (χ0v) is 23.0. The van der Waals surface area contributed by atoms with Gasteiger partial charge in [0.05, 0.1) is 46.8 Å². The first-order valence-corrected chi connectivity index (χ1v) is 15.2. The Labute approximate surface area is 236 Å². The Bertz CT molecular complexity index is 1700. The average Bonchev–Trinajstić information content (AvgIpc) is 3.37. The number of piperidine rings is 1. The number of hydrogen-bond acceptors (Lipinski definition) is 9. The Morgan fingerprint density at radius 1 is 1.24 bits per heavy atom. The van der Waals surface area contributed by atoms with Gasteiger partial charge in [-0.25, -0.2) is 22.9 Å². The highest BCUT2D eigenvalue weighted by molar-refractivity contribution is 7.89. The van der Waals surface area contributed by atoms with Crippen molar-refractivity contribution in [3.05, 3.63) is 64.0 Å². The molecule has 0 saturated carbocycles. The molecule has 3 aliphatic heterocycles. The highest BCUT2D eigenvalue weighted by Crippen LogP contribution is 2.40. The molecule has 13 heteroatoms.